The molecule has 9 nitrogen and oxygen atoms in total. The van der Waals surface area contributed by atoms with Crippen LogP contribution in [-0.4, -0.2) is 54.1 Å². The summed E-state index contributed by atoms with van der Waals surface area (Å²) in [6.45, 7) is -0.438. The smallest absolute Gasteiger partial charge is 0.200 e. The molecule has 1 aliphatic heterocycles. The molecule has 2 aromatic heterocycles. The van der Waals surface area contributed by atoms with E-state index in [-0.39, 0.29) is 10.6 Å². The van der Waals surface area contributed by atoms with E-state index in [0.717, 1.165) is 0 Å². The van der Waals surface area contributed by atoms with Crippen LogP contribution in [-0.2, 0) is 4.74 Å². The maximum Gasteiger partial charge on any atom is 0.200 e. The zero-order valence-electron chi connectivity index (χ0n) is 11.6. The fraction of sp³-hybridized carbons (Fsp3) is 0.417. The van der Waals surface area contributed by atoms with E-state index in [4.69, 9.17) is 40.0 Å². The molecule has 1 saturated heterocycles. The maximum absolute atomic E-state index is 10.3. The number of aromatic nitrogens is 4. The Labute approximate surface area is 140 Å². The summed E-state index contributed by atoms with van der Waals surface area (Å²) in [6.07, 6.45) is -1.75. The van der Waals surface area contributed by atoms with E-state index >= 15 is 0 Å². The van der Waals surface area contributed by atoms with Crippen molar-refractivity contribution < 1.29 is 14.9 Å². The number of nitrogens with zero attached hydrogens (tertiary/aromatic N) is 3. The standard InChI is InChI=1S/C12H13ClN6O3S/c13-2-1-12(15)7(21)5(3-20)22-10(12)19-4-16-6-8(19)17-11(14)18-9(6)23/h4-5,7,10,20-21H,3,15H2,(H3,14,17,18,23)/t5-,7?,10-,12-/m1/s1. The van der Waals surface area contributed by atoms with Gasteiger partial charge < -0.3 is 31.4 Å². The number of halogens is 1. The number of nitrogens with two attached hydrogens (primary N) is 2. The molecular formula is C12H13ClN6O3S. The lowest BCUT2D eigenvalue weighted by Crippen LogP contribution is -2.53. The molecule has 0 aliphatic carbocycles. The number of nitrogens with one attached hydrogen (secondary N) is 1. The van der Waals surface area contributed by atoms with Gasteiger partial charge in [-0.2, -0.15) is 0 Å². The highest BCUT2D eigenvalue weighted by atomic mass is 35.5. The Morgan fingerprint density at radius 1 is 1.61 bits per heavy atom. The van der Waals surface area contributed by atoms with Gasteiger partial charge in [-0.1, -0.05) is 18.1 Å². The minimum absolute atomic E-state index is 0.0903. The lowest BCUT2D eigenvalue weighted by Gasteiger charge is -2.27. The molecule has 7 N–H and O–H groups in total. The van der Waals surface area contributed by atoms with Crippen LogP contribution in [0, 0.1) is 15.9 Å². The van der Waals surface area contributed by atoms with Crippen molar-refractivity contribution in [3.05, 3.63) is 11.0 Å². The number of fused-ring (bicyclic) bond motifs is 1. The zero-order chi connectivity index (χ0) is 16.8. The highest BCUT2D eigenvalue weighted by Crippen LogP contribution is 2.37. The van der Waals surface area contributed by atoms with Crippen LogP contribution in [0.4, 0.5) is 5.95 Å². The van der Waals surface area contributed by atoms with Gasteiger partial charge in [-0.3, -0.25) is 4.57 Å². The Bertz CT molecular complexity index is 873. The van der Waals surface area contributed by atoms with Crippen molar-refractivity contribution in [2.75, 3.05) is 12.3 Å². The SMILES string of the molecule is Nc1nc(=S)c2ncn([C@@H]3O[C@H](CO)C(O)[C@]3(N)C#CCl)c2[nH]1. The summed E-state index contributed by atoms with van der Waals surface area (Å²) in [5, 5.41) is 21.8. The van der Waals surface area contributed by atoms with Gasteiger partial charge in [-0.05, 0) is 11.6 Å². The number of hydrogen-bond acceptors (Lipinski definition) is 8. The second-order valence-corrected chi connectivity index (χ2v) is 5.66. The number of rotatable bonds is 2. The van der Waals surface area contributed by atoms with Crippen molar-refractivity contribution in [2.24, 2.45) is 5.73 Å². The monoisotopic (exact) mass is 356 g/mol. The number of aliphatic hydroxyl groups is 2. The van der Waals surface area contributed by atoms with Crippen LogP contribution in [0.5, 0.6) is 0 Å². The van der Waals surface area contributed by atoms with E-state index in [1.807, 2.05) is 0 Å². The summed E-state index contributed by atoms with van der Waals surface area (Å²) >= 11 is 10.6. The van der Waals surface area contributed by atoms with Crippen LogP contribution >= 0.6 is 23.8 Å². The second kappa shape index (κ2) is 5.72. The normalized spacial score (nSPS) is 30.3. The molecule has 11 heteroatoms. The molecule has 0 saturated carbocycles. The fourth-order valence-corrected chi connectivity index (χ4v) is 3.00. The molecule has 1 fully saturated rings. The topological polar surface area (TPSA) is 148 Å². The molecule has 4 atom stereocenters. The van der Waals surface area contributed by atoms with Gasteiger partial charge in [-0.25, -0.2) is 9.97 Å². The van der Waals surface area contributed by atoms with Crippen LogP contribution in [0.2, 0.25) is 0 Å². The Morgan fingerprint density at radius 3 is 3.00 bits per heavy atom. The van der Waals surface area contributed by atoms with Gasteiger partial charge in [0.25, 0.3) is 0 Å². The van der Waals surface area contributed by atoms with E-state index in [0.29, 0.717) is 11.2 Å². The Kier molecular flexibility index (Phi) is 4.01. The number of aliphatic hydroxyl groups excluding tert-OH is 2. The van der Waals surface area contributed by atoms with Gasteiger partial charge >= 0.3 is 0 Å². The second-order valence-electron chi connectivity index (χ2n) is 5.08. The number of imidazole rings is 1. The van der Waals surface area contributed by atoms with E-state index in [1.165, 1.54) is 10.9 Å². The Hall–Kier alpha value is -1.74. The summed E-state index contributed by atoms with van der Waals surface area (Å²) in [7, 11) is 0. The maximum atomic E-state index is 10.3. The molecular weight excluding hydrogens is 344 g/mol. The van der Waals surface area contributed by atoms with Gasteiger partial charge in [0.05, 0.1) is 12.9 Å². The first-order chi connectivity index (χ1) is 10.9. The summed E-state index contributed by atoms with van der Waals surface area (Å²) in [6, 6.07) is 0. The fourth-order valence-electron chi connectivity index (χ4n) is 2.59. The lowest BCUT2D eigenvalue weighted by molar-refractivity contribution is -0.0447. The highest BCUT2D eigenvalue weighted by molar-refractivity contribution is 7.71. The molecule has 23 heavy (non-hydrogen) atoms. The van der Waals surface area contributed by atoms with Gasteiger partial charge in [-0.15, -0.1) is 0 Å². The average Bonchev–Trinajstić information content (AvgIpc) is 3.01. The Morgan fingerprint density at radius 2 is 2.35 bits per heavy atom. The third kappa shape index (κ3) is 2.38. The minimum atomic E-state index is -1.56. The molecule has 3 heterocycles. The van der Waals surface area contributed by atoms with Crippen molar-refractivity contribution in [1.82, 2.24) is 19.5 Å². The Balaban J connectivity index is 2.20. The summed E-state index contributed by atoms with van der Waals surface area (Å²) in [5.41, 5.74) is 11.1. The predicted molar refractivity (Wildman–Crippen MR) is 84.7 cm³/mol. The van der Waals surface area contributed by atoms with Crippen molar-refractivity contribution in [3.8, 4) is 11.3 Å². The summed E-state index contributed by atoms with van der Waals surface area (Å²) < 4.78 is 7.34. The van der Waals surface area contributed by atoms with Crippen molar-refractivity contribution >= 4 is 40.9 Å². The van der Waals surface area contributed by atoms with Crippen LogP contribution in [0.3, 0.4) is 0 Å². The number of aromatic amines is 1. The number of ether oxygens (including phenoxy) is 1. The third-order valence-electron chi connectivity index (χ3n) is 3.72. The molecule has 1 aliphatic rings. The molecule has 0 spiro atoms. The third-order valence-corrected chi connectivity index (χ3v) is 4.09. The quantitative estimate of drug-likeness (QED) is 0.347. The molecule has 2 aromatic rings. The first-order valence-electron chi connectivity index (χ1n) is 6.50. The van der Waals surface area contributed by atoms with E-state index < -0.39 is 30.6 Å². The number of nitrogen functional groups attached to an aromatic ring is 1. The predicted octanol–water partition coefficient (Wildman–Crippen LogP) is -0.781. The largest absolute Gasteiger partial charge is 0.394 e. The molecule has 3 rings (SSSR count). The minimum Gasteiger partial charge on any atom is -0.394 e. The van der Waals surface area contributed by atoms with E-state index in [9.17, 15) is 10.2 Å². The highest BCUT2D eigenvalue weighted by Gasteiger charge is 2.54. The molecule has 1 unspecified atom stereocenters. The number of hydrogen-bond donors (Lipinski definition) is 5. The molecule has 0 aromatic carbocycles. The molecule has 0 radical (unpaired) electrons. The average molecular weight is 357 g/mol. The van der Waals surface area contributed by atoms with Crippen molar-refractivity contribution in [3.63, 3.8) is 0 Å². The van der Waals surface area contributed by atoms with Crippen LogP contribution in [0.25, 0.3) is 11.2 Å². The van der Waals surface area contributed by atoms with Gasteiger partial charge in [0.1, 0.15) is 23.4 Å². The zero-order valence-corrected chi connectivity index (χ0v) is 13.2. The van der Waals surface area contributed by atoms with Gasteiger partial charge in [0, 0.05) is 5.38 Å². The molecule has 122 valence electrons. The van der Waals surface area contributed by atoms with Crippen molar-refractivity contribution in [1.29, 1.82) is 0 Å². The summed E-state index contributed by atoms with van der Waals surface area (Å²) in [4.78, 5) is 10.9. The number of H-pyrrole nitrogens is 1. The first kappa shape index (κ1) is 16.1. The van der Waals surface area contributed by atoms with Crippen molar-refractivity contribution in [2.45, 2.75) is 24.0 Å². The molecule has 0 bridgehead atoms. The van der Waals surface area contributed by atoms with Crippen LogP contribution in [0.15, 0.2) is 6.33 Å². The summed E-state index contributed by atoms with van der Waals surface area (Å²) in [5.74, 6) is 2.63. The van der Waals surface area contributed by atoms with E-state index in [2.05, 4.69) is 26.3 Å². The van der Waals surface area contributed by atoms with E-state index in [1.54, 1.807) is 0 Å². The van der Waals surface area contributed by atoms with Crippen LogP contribution < -0.4 is 11.5 Å². The van der Waals surface area contributed by atoms with Crippen LogP contribution in [0.1, 0.15) is 6.23 Å². The van der Waals surface area contributed by atoms with Gasteiger partial charge in [0.15, 0.2) is 22.4 Å². The first-order valence-corrected chi connectivity index (χ1v) is 7.29. The van der Waals surface area contributed by atoms with Gasteiger partial charge in [0.2, 0.25) is 0 Å². The lowest BCUT2D eigenvalue weighted by atomic mass is 9.92. The number of anilines is 1. The molecule has 0 amide bonds.